The highest BCUT2D eigenvalue weighted by Crippen LogP contribution is 2.33. The maximum atomic E-state index is 11.6. The highest BCUT2D eigenvalue weighted by Gasteiger charge is 2.29. The van der Waals surface area contributed by atoms with Crippen molar-refractivity contribution in [2.24, 2.45) is 0 Å². The fourth-order valence-electron chi connectivity index (χ4n) is 1.89. The third kappa shape index (κ3) is 2.82. The maximum Gasteiger partial charge on any atom is 0.239 e. The van der Waals surface area contributed by atoms with Gasteiger partial charge in [0.2, 0.25) is 5.91 Å². The average molecular weight is 282 g/mol. The highest BCUT2D eigenvalue weighted by molar-refractivity contribution is 8.15. The first-order valence-corrected chi connectivity index (χ1v) is 6.48. The van der Waals surface area contributed by atoms with E-state index in [1.807, 2.05) is 0 Å². The van der Waals surface area contributed by atoms with Gasteiger partial charge in [-0.25, -0.2) is 0 Å². The first-order valence-electron chi connectivity index (χ1n) is 5.60. The van der Waals surface area contributed by atoms with Gasteiger partial charge in [0.05, 0.1) is 19.0 Å². The SMILES string of the molecule is COc1cc(CC2SC(=N)NC2=O)cc(CO)c1O. The monoisotopic (exact) mass is 282 g/mol. The van der Waals surface area contributed by atoms with Crippen LogP contribution in [0.1, 0.15) is 11.1 Å². The van der Waals surface area contributed by atoms with Crippen LogP contribution in [0.15, 0.2) is 12.1 Å². The lowest BCUT2D eigenvalue weighted by Crippen LogP contribution is -2.25. The van der Waals surface area contributed by atoms with E-state index in [-0.39, 0.29) is 34.4 Å². The number of aliphatic hydroxyl groups excluding tert-OH is 1. The lowest BCUT2D eigenvalue weighted by molar-refractivity contribution is -0.118. The van der Waals surface area contributed by atoms with Crippen LogP contribution in [0.2, 0.25) is 0 Å². The van der Waals surface area contributed by atoms with E-state index in [0.29, 0.717) is 12.0 Å². The zero-order chi connectivity index (χ0) is 14.0. The molecular formula is C12H14N2O4S. The minimum absolute atomic E-state index is 0.0926. The quantitative estimate of drug-likeness (QED) is 0.647. The Bertz CT molecular complexity index is 507. The highest BCUT2D eigenvalue weighted by atomic mass is 32.2. The number of aliphatic hydroxyl groups is 1. The summed E-state index contributed by atoms with van der Waals surface area (Å²) in [6.07, 6.45) is 0.405. The Morgan fingerprint density at radius 1 is 1.53 bits per heavy atom. The number of nitrogens with one attached hydrogen (secondary N) is 2. The van der Waals surface area contributed by atoms with Crippen LogP contribution in [-0.4, -0.2) is 33.6 Å². The summed E-state index contributed by atoms with van der Waals surface area (Å²) < 4.78 is 5.03. The molecule has 1 heterocycles. The Kier molecular flexibility index (Phi) is 3.96. The van der Waals surface area contributed by atoms with Gasteiger partial charge in [-0.3, -0.25) is 10.2 Å². The molecule has 1 atom stereocenters. The van der Waals surface area contributed by atoms with Crippen LogP contribution in [0.25, 0.3) is 0 Å². The molecular weight excluding hydrogens is 268 g/mol. The first kappa shape index (κ1) is 13.7. The van der Waals surface area contributed by atoms with Crippen molar-refractivity contribution < 1.29 is 19.7 Å². The second kappa shape index (κ2) is 5.50. The molecule has 1 aliphatic rings. The molecule has 1 unspecified atom stereocenters. The van der Waals surface area contributed by atoms with E-state index in [1.54, 1.807) is 12.1 Å². The van der Waals surface area contributed by atoms with Gasteiger partial charge in [0.15, 0.2) is 16.7 Å². The number of amidine groups is 1. The topological polar surface area (TPSA) is 103 Å². The van der Waals surface area contributed by atoms with E-state index in [2.05, 4.69) is 5.32 Å². The van der Waals surface area contributed by atoms with E-state index in [4.69, 9.17) is 10.1 Å². The van der Waals surface area contributed by atoms with Crippen molar-refractivity contribution in [3.63, 3.8) is 0 Å². The minimum Gasteiger partial charge on any atom is -0.504 e. The van der Waals surface area contributed by atoms with Gasteiger partial charge in [-0.15, -0.1) is 0 Å². The van der Waals surface area contributed by atoms with Crippen LogP contribution in [0.4, 0.5) is 0 Å². The molecule has 7 heteroatoms. The molecule has 1 aromatic rings. The fourth-order valence-corrected chi connectivity index (χ4v) is 2.77. The molecule has 19 heavy (non-hydrogen) atoms. The number of carbonyl (C=O) groups excluding carboxylic acids is 1. The molecule has 0 radical (unpaired) electrons. The van der Waals surface area contributed by atoms with Crippen LogP contribution in [0.3, 0.4) is 0 Å². The minimum atomic E-state index is -0.367. The molecule has 2 rings (SSSR count). The number of hydrogen-bond donors (Lipinski definition) is 4. The van der Waals surface area contributed by atoms with Crippen LogP contribution in [0, 0.1) is 5.41 Å². The third-order valence-electron chi connectivity index (χ3n) is 2.81. The second-order valence-electron chi connectivity index (χ2n) is 4.09. The normalized spacial score (nSPS) is 18.5. The molecule has 0 bridgehead atoms. The molecule has 102 valence electrons. The zero-order valence-corrected chi connectivity index (χ0v) is 11.1. The summed E-state index contributed by atoms with van der Waals surface area (Å²) in [6, 6.07) is 3.26. The average Bonchev–Trinajstić information content (AvgIpc) is 2.69. The zero-order valence-electron chi connectivity index (χ0n) is 10.3. The molecule has 0 aromatic heterocycles. The fraction of sp³-hybridized carbons (Fsp3) is 0.333. The van der Waals surface area contributed by atoms with Crippen LogP contribution in [0.5, 0.6) is 11.5 Å². The molecule has 1 aliphatic heterocycles. The van der Waals surface area contributed by atoms with Gasteiger partial charge in [-0.1, -0.05) is 11.8 Å². The summed E-state index contributed by atoms with van der Waals surface area (Å²) in [7, 11) is 1.42. The summed E-state index contributed by atoms with van der Waals surface area (Å²) in [5.41, 5.74) is 1.12. The van der Waals surface area contributed by atoms with E-state index in [9.17, 15) is 15.0 Å². The Hall–Kier alpha value is -1.73. The van der Waals surface area contributed by atoms with Gasteiger partial charge in [0, 0.05) is 5.56 Å². The first-order chi connectivity index (χ1) is 9.05. The third-order valence-corrected chi connectivity index (χ3v) is 3.82. The van der Waals surface area contributed by atoms with Crippen molar-refractivity contribution in [1.29, 1.82) is 5.41 Å². The molecule has 1 aromatic carbocycles. The Morgan fingerprint density at radius 2 is 2.26 bits per heavy atom. The van der Waals surface area contributed by atoms with Crippen molar-refractivity contribution in [3.05, 3.63) is 23.3 Å². The molecule has 0 aliphatic carbocycles. The summed E-state index contributed by atoms with van der Waals surface area (Å²) in [6.45, 7) is -0.310. The van der Waals surface area contributed by atoms with Crippen molar-refractivity contribution in [1.82, 2.24) is 5.32 Å². The summed E-state index contributed by atoms with van der Waals surface area (Å²) in [4.78, 5) is 11.6. The molecule has 0 saturated carbocycles. The molecule has 1 saturated heterocycles. The van der Waals surface area contributed by atoms with Crippen molar-refractivity contribution >= 4 is 22.8 Å². The largest absolute Gasteiger partial charge is 0.504 e. The number of amides is 1. The number of aromatic hydroxyl groups is 1. The van der Waals surface area contributed by atoms with Crippen LogP contribution < -0.4 is 10.1 Å². The van der Waals surface area contributed by atoms with Gasteiger partial charge in [-0.05, 0) is 24.1 Å². The molecule has 1 amide bonds. The summed E-state index contributed by atoms with van der Waals surface area (Å²) >= 11 is 1.16. The van der Waals surface area contributed by atoms with Gasteiger partial charge in [0.25, 0.3) is 0 Å². The van der Waals surface area contributed by atoms with Gasteiger partial charge in [0.1, 0.15) is 0 Å². The van der Waals surface area contributed by atoms with E-state index in [0.717, 1.165) is 17.3 Å². The number of benzene rings is 1. The Labute approximate surface area is 114 Å². The lowest BCUT2D eigenvalue weighted by atomic mass is 10.0. The maximum absolute atomic E-state index is 11.6. The predicted molar refractivity (Wildman–Crippen MR) is 71.5 cm³/mol. The summed E-state index contributed by atoms with van der Waals surface area (Å²) in [5.74, 6) is -0.0300. The van der Waals surface area contributed by atoms with Crippen molar-refractivity contribution in [2.45, 2.75) is 18.3 Å². The van der Waals surface area contributed by atoms with Crippen molar-refractivity contribution in [3.8, 4) is 11.5 Å². The number of thioether (sulfide) groups is 1. The van der Waals surface area contributed by atoms with Crippen molar-refractivity contribution in [2.75, 3.05) is 7.11 Å². The van der Waals surface area contributed by atoms with Crippen LogP contribution in [-0.2, 0) is 17.8 Å². The number of ether oxygens (including phenoxy) is 1. The number of rotatable bonds is 4. The number of hydrogen-bond acceptors (Lipinski definition) is 6. The number of phenols is 1. The standard InChI is InChI=1S/C12H14N2O4S/c1-18-8-3-6(2-7(5-15)10(8)16)4-9-11(17)14-12(13)19-9/h2-3,9,15-16H,4-5H2,1H3,(H2,13,14,17). The van der Waals surface area contributed by atoms with Gasteiger partial charge >= 0.3 is 0 Å². The van der Waals surface area contributed by atoms with E-state index < -0.39 is 0 Å². The molecule has 1 fully saturated rings. The van der Waals surface area contributed by atoms with E-state index in [1.165, 1.54) is 7.11 Å². The number of methoxy groups -OCH3 is 1. The van der Waals surface area contributed by atoms with E-state index >= 15 is 0 Å². The number of carbonyl (C=O) groups is 1. The molecule has 6 nitrogen and oxygen atoms in total. The molecule has 0 spiro atoms. The predicted octanol–water partition coefficient (Wildman–Crippen LogP) is 0.602. The molecule has 4 N–H and O–H groups in total. The van der Waals surface area contributed by atoms with Gasteiger partial charge < -0.3 is 20.3 Å². The van der Waals surface area contributed by atoms with Gasteiger partial charge in [-0.2, -0.15) is 0 Å². The second-order valence-corrected chi connectivity index (χ2v) is 5.31. The summed E-state index contributed by atoms with van der Waals surface area (Å²) in [5, 5.41) is 28.5. The van der Waals surface area contributed by atoms with Crippen LogP contribution >= 0.6 is 11.8 Å². The lowest BCUT2D eigenvalue weighted by Gasteiger charge is -2.12. The Balaban J connectivity index is 2.25. The smallest absolute Gasteiger partial charge is 0.239 e. The Morgan fingerprint density at radius 3 is 2.79 bits per heavy atom.